The SMILES string of the molecule is N#C/C(C(N)=O)=C1\SCC(=O)N1c1ccccc1. The van der Waals surface area contributed by atoms with Crippen LogP contribution in [-0.2, 0) is 9.59 Å². The molecule has 1 heterocycles. The molecular formula is C12H9N3O2S. The van der Waals surface area contributed by atoms with Crippen LogP contribution in [0.1, 0.15) is 0 Å². The Labute approximate surface area is 108 Å². The number of nitrogens with two attached hydrogens (primary N) is 1. The van der Waals surface area contributed by atoms with Gasteiger partial charge in [-0.05, 0) is 12.1 Å². The van der Waals surface area contributed by atoms with Crippen LogP contribution in [0.5, 0.6) is 0 Å². The quantitative estimate of drug-likeness (QED) is 0.633. The molecule has 0 aliphatic carbocycles. The second kappa shape index (κ2) is 4.94. The summed E-state index contributed by atoms with van der Waals surface area (Å²) >= 11 is 1.15. The molecule has 0 atom stereocenters. The summed E-state index contributed by atoms with van der Waals surface area (Å²) in [5.74, 6) is -0.797. The van der Waals surface area contributed by atoms with Crippen molar-refractivity contribution in [3.63, 3.8) is 0 Å². The van der Waals surface area contributed by atoms with Crippen molar-refractivity contribution in [1.82, 2.24) is 0 Å². The lowest BCUT2D eigenvalue weighted by molar-refractivity contribution is -0.115. The van der Waals surface area contributed by atoms with Crippen molar-refractivity contribution >= 4 is 29.3 Å². The molecule has 1 aromatic carbocycles. The molecule has 1 aliphatic rings. The van der Waals surface area contributed by atoms with Gasteiger partial charge in [0.2, 0.25) is 5.91 Å². The number of primary amides is 1. The molecule has 1 saturated heterocycles. The maximum Gasteiger partial charge on any atom is 0.262 e. The maximum absolute atomic E-state index is 11.8. The Morgan fingerprint density at radius 1 is 1.39 bits per heavy atom. The first-order valence-electron chi connectivity index (χ1n) is 5.10. The molecule has 2 rings (SSSR count). The lowest BCUT2D eigenvalue weighted by Crippen LogP contribution is -2.26. The van der Waals surface area contributed by atoms with Gasteiger partial charge in [-0.3, -0.25) is 14.5 Å². The predicted octanol–water partition coefficient (Wildman–Crippen LogP) is 0.987. The molecule has 1 aromatic rings. The number of benzene rings is 1. The Balaban J connectivity index is 2.54. The second-order valence-corrected chi connectivity index (χ2v) is 4.47. The zero-order valence-electron chi connectivity index (χ0n) is 9.29. The van der Waals surface area contributed by atoms with Gasteiger partial charge < -0.3 is 5.73 Å². The number of thioether (sulfide) groups is 1. The number of amides is 2. The Bertz CT molecular complexity index is 575. The number of para-hydroxylation sites is 1. The number of rotatable bonds is 2. The van der Waals surface area contributed by atoms with Crippen LogP contribution in [-0.4, -0.2) is 17.6 Å². The van der Waals surface area contributed by atoms with E-state index in [0.717, 1.165) is 11.8 Å². The highest BCUT2D eigenvalue weighted by Gasteiger charge is 2.32. The maximum atomic E-state index is 11.8. The minimum atomic E-state index is -0.823. The van der Waals surface area contributed by atoms with Crippen molar-refractivity contribution in [2.24, 2.45) is 5.73 Å². The fourth-order valence-electron chi connectivity index (χ4n) is 1.60. The summed E-state index contributed by atoms with van der Waals surface area (Å²) in [6.45, 7) is 0. The largest absolute Gasteiger partial charge is 0.365 e. The Kier molecular flexibility index (Phi) is 3.35. The summed E-state index contributed by atoms with van der Waals surface area (Å²) in [7, 11) is 0. The van der Waals surface area contributed by atoms with Gasteiger partial charge in [-0.25, -0.2) is 0 Å². The van der Waals surface area contributed by atoms with E-state index in [-0.39, 0.29) is 17.2 Å². The zero-order chi connectivity index (χ0) is 13.1. The molecule has 0 saturated carbocycles. The number of carbonyl (C=O) groups is 2. The number of nitrogens with zero attached hydrogens (tertiary/aromatic N) is 2. The third-order valence-corrected chi connectivity index (χ3v) is 3.42. The van der Waals surface area contributed by atoms with Gasteiger partial charge in [0.15, 0.2) is 0 Å². The number of nitriles is 1. The van der Waals surface area contributed by atoms with Gasteiger partial charge in [0.25, 0.3) is 5.91 Å². The lowest BCUT2D eigenvalue weighted by atomic mass is 10.2. The lowest BCUT2D eigenvalue weighted by Gasteiger charge is -2.17. The van der Waals surface area contributed by atoms with E-state index in [2.05, 4.69) is 0 Å². The fraction of sp³-hybridized carbons (Fsp3) is 0.0833. The first-order chi connectivity index (χ1) is 8.65. The molecule has 0 radical (unpaired) electrons. The molecule has 0 aromatic heterocycles. The van der Waals surface area contributed by atoms with Crippen molar-refractivity contribution in [1.29, 1.82) is 5.26 Å². The van der Waals surface area contributed by atoms with E-state index in [1.54, 1.807) is 30.3 Å². The van der Waals surface area contributed by atoms with E-state index in [1.807, 2.05) is 6.07 Å². The Morgan fingerprint density at radius 2 is 2.06 bits per heavy atom. The standard InChI is InChI=1S/C12H9N3O2S/c13-6-9(11(14)17)12-15(10(16)7-18-12)8-4-2-1-3-5-8/h1-5H,7H2,(H2,14,17)/b12-9+. The number of anilines is 1. The van der Waals surface area contributed by atoms with E-state index in [0.29, 0.717) is 10.7 Å². The van der Waals surface area contributed by atoms with E-state index < -0.39 is 5.91 Å². The zero-order valence-corrected chi connectivity index (χ0v) is 10.1. The summed E-state index contributed by atoms with van der Waals surface area (Å²) in [5, 5.41) is 9.25. The summed E-state index contributed by atoms with van der Waals surface area (Å²) < 4.78 is 0. The average molecular weight is 259 g/mol. The van der Waals surface area contributed by atoms with Crippen molar-refractivity contribution in [3.8, 4) is 6.07 Å². The van der Waals surface area contributed by atoms with E-state index in [4.69, 9.17) is 11.0 Å². The van der Waals surface area contributed by atoms with Gasteiger partial charge in [-0.15, -0.1) is 0 Å². The van der Waals surface area contributed by atoms with Crippen LogP contribution in [0.15, 0.2) is 40.9 Å². The Hall–Kier alpha value is -2.26. The van der Waals surface area contributed by atoms with Crippen LogP contribution < -0.4 is 10.6 Å². The third-order valence-electron chi connectivity index (χ3n) is 2.37. The summed E-state index contributed by atoms with van der Waals surface area (Å²) in [4.78, 5) is 24.4. The van der Waals surface area contributed by atoms with Crippen molar-refractivity contribution < 1.29 is 9.59 Å². The van der Waals surface area contributed by atoms with Crippen LogP contribution in [0.4, 0.5) is 5.69 Å². The number of hydrogen-bond acceptors (Lipinski definition) is 4. The molecule has 0 bridgehead atoms. The highest BCUT2D eigenvalue weighted by Crippen LogP contribution is 2.35. The van der Waals surface area contributed by atoms with Gasteiger partial charge >= 0.3 is 0 Å². The molecule has 18 heavy (non-hydrogen) atoms. The molecule has 1 aliphatic heterocycles. The smallest absolute Gasteiger partial charge is 0.262 e. The Morgan fingerprint density at radius 3 is 2.61 bits per heavy atom. The molecule has 2 amide bonds. The monoisotopic (exact) mass is 259 g/mol. The first-order valence-corrected chi connectivity index (χ1v) is 6.08. The molecule has 0 spiro atoms. The van der Waals surface area contributed by atoms with Gasteiger partial charge in [-0.1, -0.05) is 30.0 Å². The molecular weight excluding hydrogens is 250 g/mol. The van der Waals surface area contributed by atoms with Gasteiger partial charge in [-0.2, -0.15) is 5.26 Å². The topological polar surface area (TPSA) is 87.2 Å². The molecule has 0 unspecified atom stereocenters. The van der Waals surface area contributed by atoms with Crippen LogP contribution in [0.2, 0.25) is 0 Å². The molecule has 6 heteroatoms. The molecule has 1 fully saturated rings. The molecule has 90 valence electrons. The summed E-state index contributed by atoms with van der Waals surface area (Å²) in [5.41, 5.74) is 5.58. The first kappa shape index (κ1) is 12.2. The van der Waals surface area contributed by atoms with E-state index >= 15 is 0 Å². The van der Waals surface area contributed by atoms with Crippen molar-refractivity contribution in [2.75, 3.05) is 10.7 Å². The second-order valence-electron chi connectivity index (χ2n) is 3.51. The molecule has 5 nitrogen and oxygen atoms in total. The minimum Gasteiger partial charge on any atom is -0.365 e. The third kappa shape index (κ3) is 2.08. The van der Waals surface area contributed by atoms with Crippen LogP contribution in [0.25, 0.3) is 0 Å². The fourth-order valence-corrected chi connectivity index (χ4v) is 2.62. The van der Waals surface area contributed by atoms with Crippen LogP contribution in [0.3, 0.4) is 0 Å². The molecule has 2 N–H and O–H groups in total. The minimum absolute atomic E-state index is 0.171. The van der Waals surface area contributed by atoms with Gasteiger partial charge in [0.1, 0.15) is 16.7 Å². The van der Waals surface area contributed by atoms with Crippen LogP contribution >= 0.6 is 11.8 Å². The highest BCUT2D eigenvalue weighted by atomic mass is 32.2. The van der Waals surface area contributed by atoms with Gasteiger partial charge in [0, 0.05) is 5.69 Å². The normalized spacial score (nSPS) is 17.5. The number of hydrogen-bond donors (Lipinski definition) is 1. The van der Waals surface area contributed by atoms with Crippen molar-refractivity contribution in [3.05, 3.63) is 40.9 Å². The number of carbonyl (C=O) groups excluding carboxylic acids is 2. The van der Waals surface area contributed by atoms with E-state index in [9.17, 15) is 9.59 Å². The average Bonchev–Trinajstić information content (AvgIpc) is 2.73. The van der Waals surface area contributed by atoms with E-state index in [1.165, 1.54) is 4.90 Å². The van der Waals surface area contributed by atoms with Crippen molar-refractivity contribution in [2.45, 2.75) is 0 Å². The van der Waals surface area contributed by atoms with Gasteiger partial charge in [0.05, 0.1) is 5.75 Å². The highest BCUT2D eigenvalue weighted by molar-refractivity contribution is 8.04. The summed E-state index contributed by atoms with van der Waals surface area (Å²) in [6.07, 6.45) is 0. The van der Waals surface area contributed by atoms with Crippen LogP contribution in [0, 0.1) is 11.3 Å². The predicted molar refractivity (Wildman–Crippen MR) is 68.2 cm³/mol. The summed E-state index contributed by atoms with van der Waals surface area (Å²) in [6, 6.07) is 10.6.